The minimum atomic E-state index is -0.0690. The summed E-state index contributed by atoms with van der Waals surface area (Å²) in [6.07, 6.45) is 3.64. The molecule has 0 aromatic heterocycles. The minimum Gasteiger partial charge on any atom is -0.391 e. The molecule has 0 radical (unpaired) electrons. The van der Waals surface area contributed by atoms with E-state index in [1.807, 2.05) is 0 Å². The smallest absolute Gasteiger partial charge is 0.0723 e. The molecule has 1 saturated carbocycles. The van der Waals surface area contributed by atoms with Gasteiger partial charge in [-0.15, -0.1) is 0 Å². The highest BCUT2D eigenvalue weighted by Crippen LogP contribution is 2.54. The second kappa shape index (κ2) is 2.71. The van der Waals surface area contributed by atoms with Gasteiger partial charge in [0.1, 0.15) is 0 Å². The van der Waals surface area contributed by atoms with Crippen molar-refractivity contribution in [3.05, 3.63) is 0 Å². The number of nitrogens with zero attached hydrogens (tertiary/aromatic N) is 1. The third-order valence-electron chi connectivity index (χ3n) is 3.82. The van der Waals surface area contributed by atoms with Crippen LogP contribution in [-0.2, 0) is 0 Å². The molecule has 1 N–H and O–H groups in total. The van der Waals surface area contributed by atoms with Crippen LogP contribution in [0.3, 0.4) is 0 Å². The molecule has 1 atom stereocenters. The average molecular weight is 183 g/mol. The van der Waals surface area contributed by atoms with E-state index in [1.165, 1.54) is 25.8 Å². The van der Waals surface area contributed by atoms with Crippen LogP contribution in [0.1, 0.15) is 40.0 Å². The topological polar surface area (TPSA) is 23.5 Å². The summed E-state index contributed by atoms with van der Waals surface area (Å²) in [5, 5.41) is 9.99. The van der Waals surface area contributed by atoms with Crippen molar-refractivity contribution in [3.63, 3.8) is 0 Å². The van der Waals surface area contributed by atoms with E-state index >= 15 is 0 Å². The number of likely N-dealkylation sites (tertiary alicyclic amines) is 1. The van der Waals surface area contributed by atoms with Gasteiger partial charge in [-0.1, -0.05) is 0 Å². The monoisotopic (exact) mass is 183 g/mol. The Bertz CT molecular complexity index is 203. The Morgan fingerprint density at radius 3 is 2.23 bits per heavy atom. The van der Waals surface area contributed by atoms with Gasteiger partial charge in [-0.05, 0) is 52.0 Å². The van der Waals surface area contributed by atoms with Crippen molar-refractivity contribution in [3.8, 4) is 0 Å². The van der Waals surface area contributed by atoms with E-state index in [1.54, 1.807) is 0 Å². The predicted molar refractivity (Wildman–Crippen MR) is 53.6 cm³/mol. The first-order chi connectivity index (χ1) is 5.94. The highest BCUT2D eigenvalue weighted by Gasteiger charge is 2.52. The quantitative estimate of drug-likeness (QED) is 0.617. The van der Waals surface area contributed by atoms with Crippen molar-refractivity contribution in [1.29, 1.82) is 0 Å². The van der Waals surface area contributed by atoms with Crippen molar-refractivity contribution in [2.75, 3.05) is 13.1 Å². The zero-order chi connectivity index (χ0) is 9.69. The van der Waals surface area contributed by atoms with Crippen LogP contribution in [0, 0.1) is 5.41 Å². The highest BCUT2D eigenvalue weighted by atomic mass is 16.3. The Morgan fingerprint density at radius 1 is 1.23 bits per heavy atom. The molecular formula is C11H21NO. The standard InChI is InChI=1S/C11H21NO/c1-10(2,3)12-7-6-11(4-5-11)9(13)8-12/h9,13H,4-8H2,1-3H3. The molecule has 1 aliphatic heterocycles. The lowest BCUT2D eigenvalue weighted by Gasteiger charge is -2.43. The largest absolute Gasteiger partial charge is 0.391 e. The van der Waals surface area contributed by atoms with Gasteiger partial charge >= 0.3 is 0 Å². The first kappa shape index (κ1) is 9.47. The minimum absolute atomic E-state index is 0.0690. The van der Waals surface area contributed by atoms with E-state index in [0.717, 1.165) is 6.54 Å². The summed E-state index contributed by atoms with van der Waals surface area (Å²) in [4.78, 5) is 2.40. The van der Waals surface area contributed by atoms with Crippen molar-refractivity contribution in [2.24, 2.45) is 5.41 Å². The molecular weight excluding hydrogens is 162 g/mol. The summed E-state index contributed by atoms with van der Waals surface area (Å²) in [5.41, 5.74) is 0.569. The van der Waals surface area contributed by atoms with Gasteiger partial charge in [0.15, 0.2) is 0 Å². The number of rotatable bonds is 0. The molecule has 0 bridgehead atoms. The van der Waals surface area contributed by atoms with Crippen molar-refractivity contribution in [2.45, 2.75) is 51.7 Å². The summed E-state index contributed by atoms with van der Waals surface area (Å²) in [5.74, 6) is 0. The van der Waals surface area contributed by atoms with Gasteiger partial charge in [0.25, 0.3) is 0 Å². The Labute approximate surface area is 80.9 Å². The third-order valence-corrected chi connectivity index (χ3v) is 3.82. The van der Waals surface area contributed by atoms with E-state index < -0.39 is 0 Å². The molecule has 1 unspecified atom stereocenters. The molecule has 1 aliphatic carbocycles. The molecule has 0 amide bonds. The number of hydrogen-bond acceptors (Lipinski definition) is 2. The van der Waals surface area contributed by atoms with Gasteiger partial charge in [0.2, 0.25) is 0 Å². The fourth-order valence-corrected chi connectivity index (χ4v) is 2.37. The summed E-state index contributed by atoms with van der Waals surface area (Å²) in [7, 11) is 0. The lowest BCUT2D eigenvalue weighted by Crippen LogP contribution is -2.52. The second-order valence-electron chi connectivity index (χ2n) is 5.75. The first-order valence-corrected chi connectivity index (χ1v) is 5.37. The summed E-state index contributed by atoms with van der Waals surface area (Å²) in [6.45, 7) is 8.73. The average Bonchev–Trinajstić information content (AvgIpc) is 2.74. The molecule has 2 nitrogen and oxygen atoms in total. The number of hydrogen-bond donors (Lipinski definition) is 1. The van der Waals surface area contributed by atoms with Crippen LogP contribution in [0.4, 0.5) is 0 Å². The maximum Gasteiger partial charge on any atom is 0.0723 e. The molecule has 0 aromatic carbocycles. The van der Waals surface area contributed by atoms with Crippen molar-refractivity contribution >= 4 is 0 Å². The Hall–Kier alpha value is -0.0800. The maximum absolute atomic E-state index is 9.99. The van der Waals surface area contributed by atoms with Crippen LogP contribution < -0.4 is 0 Å². The number of piperidine rings is 1. The van der Waals surface area contributed by atoms with Crippen LogP contribution in [0.25, 0.3) is 0 Å². The summed E-state index contributed by atoms with van der Waals surface area (Å²) in [6, 6.07) is 0. The zero-order valence-corrected chi connectivity index (χ0v) is 9.01. The number of aliphatic hydroxyl groups excluding tert-OH is 1. The Morgan fingerprint density at radius 2 is 1.85 bits per heavy atom. The fourth-order valence-electron chi connectivity index (χ4n) is 2.37. The maximum atomic E-state index is 9.99. The fraction of sp³-hybridized carbons (Fsp3) is 1.00. The summed E-state index contributed by atoms with van der Waals surface area (Å²) >= 11 is 0. The molecule has 1 heterocycles. The molecule has 1 saturated heterocycles. The van der Waals surface area contributed by atoms with Crippen LogP contribution >= 0.6 is 0 Å². The molecule has 0 aromatic rings. The van der Waals surface area contributed by atoms with Crippen LogP contribution in [0.2, 0.25) is 0 Å². The molecule has 2 rings (SSSR count). The van der Waals surface area contributed by atoms with Gasteiger partial charge < -0.3 is 5.11 Å². The molecule has 2 aliphatic rings. The van der Waals surface area contributed by atoms with E-state index in [-0.39, 0.29) is 11.6 Å². The lowest BCUT2D eigenvalue weighted by atomic mass is 9.88. The zero-order valence-electron chi connectivity index (χ0n) is 9.01. The summed E-state index contributed by atoms with van der Waals surface area (Å²) < 4.78 is 0. The van der Waals surface area contributed by atoms with Gasteiger partial charge in [0, 0.05) is 12.1 Å². The molecule has 1 spiro atoms. The van der Waals surface area contributed by atoms with E-state index in [2.05, 4.69) is 25.7 Å². The Kier molecular flexibility index (Phi) is 1.97. The molecule has 2 fully saturated rings. The molecule has 2 heteroatoms. The van der Waals surface area contributed by atoms with E-state index in [0.29, 0.717) is 5.41 Å². The predicted octanol–water partition coefficient (Wildman–Crippen LogP) is 1.63. The highest BCUT2D eigenvalue weighted by molar-refractivity contribution is 5.04. The SMILES string of the molecule is CC(C)(C)N1CCC2(CC2)C(O)C1. The number of aliphatic hydroxyl groups is 1. The van der Waals surface area contributed by atoms with Crippen molar-refractivity contribution in [1.82, 2.24) is 4.90 Å². The van der Waals surface area contributed by atoms with Gasteiger partial charge in [-0.3, -0.25) is 4.90 Å². The first-order valence-electron chi connectivity index (χ1n) is 5.37. The van der Waals surface area contributed by atoms with Gasteiger partial charge in [0.05, 0.1) is 6.10 Å². The Balaban J connectivity index is 1.99. The third kappa shape index (κ3) is 1.62. The van der Waals surface area contributed by atoms with Crippen molar-refractivity contribution < 1.29 is 5.11 Å². The van der Waals surface area contributed by atoms with Crippen LogP contribution in [0.15, 0.2) is 0 Å². The van der Waals surface area contributed by atoms with Crippen LogP contribution in [0.5, 0.6) is 0 Å². The van der Waals surface area contributed by atoms with Gasteiger partial charge in [-0.25, -0.2) is 0 Å². The van der Waals surface area contributed by atoms with Gasteiger partial charge in [-0.2, -0.15) is 0 Å². The molecule has 13 heavy (non-hydrogen) atoms. The normalized spacial score (nSPS) is 33.7. The molecule has 76 valence electrons. The van der Waals surface area contributed by atoms with Crippen LogP contribution in [-0.4, -0.2) is 34.7 Å². The number of β-amino-alcohol motifs (C(OH)–C–C–N with tert-alkyl or cyclic N) is 1. The second-order valence-corrected chi connectivity index (χ2v) is 5.75. The van der Waals surface area contributed by atoms with E-state index in [4.69, 9.17) is 0 Å². The lowest BCUT2D eigenvalue weighted by molar-refractivity contribution is -0.0257. The van der Waals surface area contributed by atoms with E-state index in [9.17, 15) is 5.11 Å².